The van der Waals surface area contributed by atoms with Crippen LogP contribution in [0.3, 0.4) is 0 Å². The number of carbonyl (C=O) groups is 2. The Balaban J connectivity index is 1.70. The zero-order chi connectivity index (χ0) is 19.3. The predicted octanol–water partition coefficient (Wildman–Crippen LogP) is 4.06. The first-order chi connectivity index (χ1) is 12.8. The molecular formula is C23H30O4. The molecule has 0 aromatic rings. The number of aliphatic carboxylic acids is 1. The Morgan fingerprint density at radius 3 is 2.81 bits per heavy atom. The van der Waals surface area contributed by atoms with Gasteiger partial charge in [0.2, 0.25) is 0 Å². The van der Waals surface area contributed by atoms with Crippen molar-refractivity contribution in [3.8, 4) is 0 Å². The zero-order valence-corrected chi connectivity index (χ0v) is 16.3. The molecule has 2 fully saturated rings. The van der Waals surface area contributed by atoms with Gasteiger partial charge in [-0.2, -0.15) is 0 Å². The minimum atomic E-state index is -0.870. The summed E-state index contributed by atoms with van der Waals surface area (Å²) in [4.78, 5) is 24.1. The molecule has 2 saturated carbocycles. The summed E-state index contributed by atoms with van der Waals surface area (Å²) in [6, 6.07) is 0. The van der Waals surface area contributed by atoms with Crippen LogP contribution in [0, 0.1) is 29.1 Å². The Bertz CT molecular complexity index is 758. The Labute approximate surface area is 161 Å². The van der Waals surface area contributed by atoms with Crippen molar-refractivity contribution in [2.24, 2.45) is 29.1 Å². The quantitative estimate of drug-likeness (QED) is 0.568. The number of allylic oxidation sites excluding steroid dienone is 4. The Hall–Kier alpha value is -1.68. The summed E-state index contributed by atoms with van der Waals surface area (Å²) in [6.07, 6.45) is 11.2. The minimum Gasteiger partial charge on any atom is -0.478 e. The molecule has 0 radical (unpaired) electrons. The van der Waals surface area contributed by atoms with Crippen LogP contribution < -0.4 is 0 Å². The van der Waals surface area contributed by atoms with Crippen LogP contribution >= 0.6 is 0 Å². The Morgan fingerprint density at radius 1 is 1.30 bits per heavy atom. The third-order valence-corrected chi connectivity index (χ3v) is 7.86. The van der Waals surface area contributed by atoms with Gasteiger partial charge in [0.25, 0.3) is 0 Å². The largest absolute Gasteiger partial charge is 0.478 e. The number of ketones is 1. The van der Waals surface area contributed by atoms with Gasteiger partial charge < -0.3 is 10.2 Å². The summed E-state index contributed by atoms with van der Waals surface area (Å²) in [7, 11) is 0. The lowest BCUT2D eigenvalue weighted by Gasteiger charge is -2.46. The molecule has 0 spiro atoms. The molecule has 146 valence electrons. The molecule has 0 unspecified atom stereocenters. The SMILES string of the molecule is C/C(=C\C(=O)O)[C@H]1CC[C@H]2C3=CC(=O)[C@H]4CC(=CC[C@H](O)C4)[C@H]3CC[C@]12C. The first kappa shape index (κ1) is 18.7. The fourth-order valence-corrected chi connectivity index (χ4v) is 6.59. The second kappa shape index (κ2) is 6.73. The van der Waals surface area contributed by atoms with Crippen LogP contribution in [0.5, 0.6) is 0 Å². The second-order valence-electron chi connectivity index (χ2n) is 9.36. The van der Waals surface area contributed by atoms with Crippen molar-refractivity contribution in [3.05, 3.63) is 34.9 Å². The minimum absolute atomic E-state index is 0.0349. The van der Waals surface area contributed by atoms with Crippen LogP contribution in [0.2, 0.25) is 0 Å². The highest BCUT2D eigenvalue weighted by molar-refractivity contribution is 5.93. The first-order valence-corrected chi connectivity index (χ1v) is 10.3. The fourth-order valence-electron chi connectivity index (χ4n) is 6.59. The Morgan fingerprint density at radius 2 is 2.07 bits per heavy atom. The average molecular weight is 370 g/mol. The first-order valence-electron chi connectivity index (χ1n) is 10.3. The number of aliphatic hydroxyl groups is 1. The van der Waals surface area contributed by atoms with E-state index in [0.717, 1.165) is 37.7 Å². The molecular weight excluding hydrogens is 340 g/mol. The van der Waals surface area contributed by atoms with Crippen LogP contribution in [-0.2, 0) is 9.59 Å². The van der Waals surface area contributed by atoms with Gasteiger partial charge >= 0.3 is 5.97 Å². The van der Waals surface area contributed by atoms with E-state index in [1.807, 2.05) is 13.0 Å². The van der Waals surface area contributed by atoms with E-state index in [2.05, 4.69) is 13.0 Å². The van der Waals surface area contributed by atoms with Crippen LogP contribution in [0.1, 0.15) is 58.8 Å². The molecule has 4 heteroatoms. The summed E-state index contributed by atoms with van der Waals surface area (Å²) in [5, 5.41) is 19.3. The molecule has 4 nitrogen and oxygen atoms in total. The van der Waals surface area contributed by atoms with Gasteiger partial charge in [-0.1, -0.05) is 29.7 Å². The third-order valence-electron chi connectivity index (χ3n) is 7.86. The standard InChI is InChI=1S/C23H30O4/c1-13(9-22(26)27)19-5-6-20-18-12-21(25)15-10-14(3-4-16(24)11-15)17(18)7-8-23(19,20)2/h3,9,12,15-17,19-20,24H,4-8,10-11H2,1-2H3,(H,26,27)/b13-9+/t15-,16-,17+,19+,20-,23+/m0/s1. The molecule has 0 heterocycles. The van der Waals surface area contributed by atoms with Gasteiger partial charge in [0.05, 0.1) is 6.10 Å². The van der Waals surface area contributed by atoms with Gasteiger partial charge in [-0.3, -0.25) is 4.79 Å². The molecule has 6 atom stereocenters. The molecule has 0 aromatic heterocycles. The van der Waals surface area contributed by atoms with E-state index in [1.54, 1.807) is 0 Å². The van der Waals surface area contributed by atoms with Crippen molar-refractivity contribution in [1.82, 2.24) is 0 Å². The van der Waals surface area contributed by atoms with Gasteiger partial charge in [0.1, 0.15) is 0 Å². The highest BCUT2D eigenvalue weighted by Gasteiger charge is 2.53. The smallest absolute Gasteiger partial charge is 0.328 e. The number of hydrogen-bond donors (Lipinski definition) is 2. The highest BCUT2D eigenvalue weighted by Crippen LogP contribution is 2.62. The maximum atomic E-state index is 12.9. The van der Waals surface area contributed by atoms with E-state index >= 15 is 0 Å². The number of rotatable bonds is 2. The molecule has 4 aliphatic carbocycles. The topological polar surface area (TPSA) is 74.6 Å². The molecule has 4 aliphatic rings. The Kier molecular flexibility index (Phi) is 4.66. The summed E-state index contributed by atoms with van der Waals surface area (Å²) >= 11 is 0. The highest BCUT2D eigenvalue weighted by atomic mass is 16.4. The molecule has 0 aromatic carbocycles. The van der Waals surface area contributed by atoms with Crippen LogP contribution in [0.4, 0.5) is 0 Å². The molecule has 0 saturated heterocycles. The number of aliphatic hydroxyl groups excluding tert-OH is 1. The number of hydrogen-bond acceptors (Lipinski definition) is 3. The molecule has 27 heavy (non-hydrogen) atoms. The van der Waals surface area contributed by atoms with Crippen molar-refractivity contribution >= 4 is 11.8 Å². The van der Waals surface area contributed by atoms with Crippen LogP contribution in [-0.4, -0.2) is 28.1 Å². The van der Waals surface area contributed by atoms with E-state index in [-0.39, 0.29) is 23.0 Å². The molecule has 0 amide bonds. The van der Waals surface area contributed by atoms with Crippen molar-refractivity contribution < 1.29 is 19.8 Å². The van der Waals surface area contributed by atoms with Crippen molar-refractivity contribution in [2.75, 3.05) is 0 Å². The number of carboxylic acid groups (broad SMARTS) is 1. The monoisotopic (exact) mass is 370 g/mol. The van der Waals surface area contributed by atoms with Crippen LogP contribution in [0.25, 0.3) is 0 Å². The molecule has 4 rings (SSSR count). The summed E-state index contributed by atoms with van der Waals surface area (Å²) < 4.78 is 0. The number of carbonyl (C=O) groups excluding carboxylic acids is 1. The maximum absolute atomic E-state index is 12.9. The second-order valence-corrected chi connectivity index (χ2v) is 9.36. The lowest BCUT2D eigenvalue weighted by atomic mass is 9.58. The number of fused-ring (bicyclic) bond motifs is 6. The third kappa shape index (κ3) is 3.12. The van der Waals surface area contributed by atoms with Gasteiger partial charge in [-0.05, 0) is 75.2 Å². The number of carboxylic acids is 1. The van der Waals surface area contributed by atoms with Gasteiger partial charge in [0.15, 0.2) is 5.78 Å². The molecule has 0 aliphatic heterocycles. The lowest BCUT2D eigenvalue weighted by Crippen LogP contribution is -2.37. The normalized spacial score (nSPS) is 41.7. The lowest BCUT2D eigenvalue weighted by molar-refractivity contribution is -0.131. The van der Waals surface area contributed by atoms with E-state index in [0.29, 0.717) is 24.7 Å². The zero-order valence-electron chi connectivity index (χ0n) is 16.3. The molecule has 2 bridgehead atoms. The van der Waals surface area contributed by atoms with E-state index < -0.39 is 12.1 Å². The van der Waals surface area contributed by atoms with Gasteiger partial charge in [-0.25, -0.2) is 4.79 Å². The predicted molar refractivity (Wildman–Crippen MR) is 103 cm³/mol. The summed E-state index contributed by atoms with van der Waals surface area (Å²) in [6.45, 7) is 4.25. The van der Waals surface area contributed by atoms with E-state index in [9.17, 15) is 19.8 Å². The summed E-state index contributed by atoms with van der Waals surface area (Å²) in [5.74, 6) is 0.204. The maximum Gasteiger partial charge on any atom is 0.328 e. The van der Waals surface area contributed by atoms with Gasteiger partial charge in [0, 0.05) is 17.9 Å². The van der Waals surface area contributed by atoms with E-state index in [1.165, 1.54) is 17.2 Å². The van der Waals surface area contributed by atoms with Gasteiger partial charge in [-0.15, -0.1) is 0 Å². The van der Waals surface area contributed by atoms with Crippen molar-refractivity contribution in [3.63, 3.8) is 0 Å². The van der Waals surface area contributed by atoms with Crippen molar-refractivity contribution in [1.29, 1.82) is 0 Å². The summed E-state index contributed by atoms with van der Waals surface area (Å²) in [5.41, 5.74) is 3.65. The fraction of sp³-hybridized carbons (Fsp3) is 0.652. The van der Waals surface area contributed by atoms with Crippen molar-refractivity contribution in [2.45, 2.75) is 64.9 Å². The van der Waals surface area contributed by atoms with E-state index in [4.69, 9.17) is 0 Å². The van der Waals surface area contributed by atoms with Crippen LogP contribution in [0.15, 0.2) is 34.9 Å². The average Bonchev–Trinajstić information content (AvgIpc) is 2.74. The molecule has 2 N–H and O–H groups in total.